The average molecular weight is 338 g/mol. The van der Waals surface area contributed by atoms with E-state index in [1.807, 2.05) is 60.7 Å². The summed E-state index contributed by atoms with van der Waals surface area (Å²) in [5.74, 6) is 0.283. The van der Waals surface area contributed by atoms with Gasteiger partial charge in [-0.25, -0.2) is 0 Å². The molecule has 25 heavy (non-hydrogen) atoms. The molecule has 0 amide bonds. The van der Waals surface area contributed by atoms with Gasteiger partial charge in [0.05, 0.1) is 6.61 Å². The molecule has 1 aliphatic carbocycles. The minimum absolute atomic E-state index is 0.179. The van der Waals surface area contributed by atoms with Gasteiger partial charge >= 0.3 is 5.97 Å². The Hall–Kier alpha value is -2.13. The van der Waals surface area contributed by atoms with Gasteiger partial charge < -0.3 is 9.84 Å². The van der Waals surface area contributed by atoms with Gasteiger partial charge in [0.25, 0.3) is 0 Å². The molecule has 1 N–H and O–H groups in total. The Morgan fingerprint density at radius 1 is 0.880 bits per heavy atom. The normalized spacial score (nSPS) is 20.4. The van der Waals surface area contributed by atoms with E-state index in [9.17, 15) is 9.90 Å². The van der Waals surface area contributed by atoms with Crippen molar-refractivity contribution in [3.63, 3.8) is 0 Å². The molecule has 0 heterocycles. The Morgan fingerprint density at radius 2 is 1.36 bits per heavy atom. The van der Waals surface area contributed by atoms with Crippen LogP contribution in [0.5, 0.6) is 0 Å². The van der Waals surface area contributed by atoms with Crippen LogP contribution >= 0.6 is 0 Å². The Balaban J connectivity index is 1.66. The minimum atomic E-state index is -0.379. The number of aliphatic hydroxyl groups is 1. The van der Waals surface area contributed by atoms with Crippen molar-refractivity contribution in [3.8, 4) is 0 Å². The Kier molecular flexibility index (Phi) is 6.24. The molecule has 132 valence electrons. The van der Waals surface area contributed by atoms with Crippen LogP contribution in [0.1, 0.15) is 42.7 Å². The molecule has 0 saturated heterocycles. The minimum Gasteiger partial charge on any atom is -0.465 e. The lowest BCUT2D eigenvalue weighted by molar-refractivity contribution is -0.146. The van der Waals surface area contributed by atoms with E-state index in [1.165, 1.54) is 0 Å². The van der Waals surface area contributed by atoms with Gasteiger partial charge in [0, 0.05) is 6.61 Å². The van der Waals surface area contributed by atoms with Crippen LogP contribution in [0.4, 0.5) is 0 Å². The number of ether oxygens (including phenoxy) is 1. The topological polar surface area (TPSA) is 46.5 Å². The zero-order valence-electron chi connectivity index (χ0n) is 14.5. The first-order chi connectivity index (χ1) is 12.3. The van der Waals surface area contributed by atoms with Crippen molar-refractivity contribution in [1.29, 1.82) is 0 Å². The van der Waals surface area contributed by atoms with Crippen molar-refractivity contribution >= 4 is 5.97 Å². The predicted molar refractivity (Wildman–Crippen MR) is 98.2 cm³/mol. The van der Waals surface area contributed by atoms with Crippen LogP contribution in [-0.4, -0.2) is 24.3 Å². The maximum absolute atomic E-state index is 12.8. The van der Waals surface area contributed by atoms with Gasteiger partial charge in [-0.2, -0.15) is 0 Å². The summed E-state index contributed by atoms with van der Waals surface area (Å²) >= 11 is 0. The molecule has 0 unspecified atom stereocenters. The Morgan fingerprint density at radius 3 is 1.84 bits per heavy atom. The molecule has 1 aliphatic rings. The Bertz CT molecular complexity index is 606. The smallest absolute Gasteiger partial charge is 0.317 e. The summed E-state index contributed by atoms with van der Waals surface area (Å²) in [6, 6.07) is 19.6. The summed E-state index contributed by atoms with van der Waals surface area (Å²) in [6.45, 7) is 0.754. The van der Waals surface area contributed by atoms with Crippen molar-refractivity contribution in [2.24, 2.45) is 11.8 Å². The zero-order chi connectivity index (χ0) is 17.5. The number of aliphatic hydroxyl groups excluding tert-OH is 1. The number of hydrogen-bond acceptors (Lipinski definition) is 3. The summed E-state index contributed by atoms with van der Waals surface area (Å²) in [7, 11) is 0. The first-order valence-electron chi connectivity index (χ1n) is 9.15. The number of rotatable bonds is 6. The molecule has 1 saturated carbocycles. The van der Waals surface area contributed by atoms with E-state index in [-0.39, 0.29) is 18.5 Å². The second-order valence-corrected chi connectivity index (χ2v) is 6.95. The van der Waals surface area contributed by atoms with E-state index in [4.69, 9.17) is 4.74 Å². The van der Waals surface area contributed by atoms with Crippen LogP contribution in [0.2, 0.25) is 0 Å². The third-order valence-corrected chi connectivity index (χ3v) is 5.19. The largest absolute Gasteiger partial charge is 0.465 e. The second-order valence-electron chi connectivity index (χ2n) is 6.95. The molecule has 1 fully saturated rings. The number of esters is 1. The van der Waals surface area contributed by atoms with Crippen molar-refractivity contribution in [1.82, 2.24) is 0 Å². The molecule has 3 nitrogen and oxygen atoms in total. The fraction of sp³-hybridized carbons (Fsp3) is 0.409. The van der Waals surface area contributed by atoms with E-state index in [0.717, 1.165) is 36.8 Å². The summed E-state index contributed by atoms with van der Waals surface area (Å²) in [5, 5.41) is 9.23. The highest BCUT2D eigenvalue weighted by atomic mass is 16.5. The molecule has 3 rings (SSSR count). The first kappa shape index (κ1) is 17.7. The van der Waals surface area contributed by atoms with E-state index in [1.54, 1.807) is 0 Å². The fourth-order valence-electron chi connectivity index (χ4n) is 3.62. The van der Waals surface area contributed by atoms with Gasteiger partial charge in [0.15, 0.2) is 0 Å². The van der Waals surface area contributed by atoms with E-state index >= 15 is 0 Å². The maximum Gasteiger partial charge on any atom is 0.317 e. The zero-order valence-corrected chi connectivity index (χ0v) is 14.5. The maximum atomic E-state index is 12.8. The molecule has 0 aromatic heterocycles. The molecular weight excluding hydrogens is 312 g/mol. The van der Waals surface area contributed by atoms with E-state index < -0.39 is 0 Å². The highest BCUT2D eigenvalue weighted by molar-refractivity contribution is 5.82. The number of carbonyl (C=O) groups is 1. The van der Waals surface area contributed by atoms with E-state index in [0.29, 0.717) is 18.4 Å². The average Bonchev–Trinajstić information content (AvgIpc) is 2.69. The van der Waals surface area contributed by atoms with Crippen molar-refractivity contribution < 1.29 is 14.6 Å². The van der Waals surface area contributed by atoms with Crippen molar-refractivity contribution in [2.75, 3.05) is 13.2 Å². The highest BCUT2D eigenvalue weighted by Crippen LogP contribution is 2.30. The number of carbonyl (C=O) groups excluding carboxylic acids is 1. The lowest BCUT2D eigenvalue weighted by Crippen LogP contribution is -2.24. The SMILES string of the molecule is O=C(OCC1CCC(CO)CC1)C(c1ccccc1)c1ccccc1. The number of hydrogen-bond donors (Lipinski definition) is 1. The van der Waals surface area contributed by atoms with Crippen LogP contribution in [0.25, 0.3) is 0 Å². The molecule has 2 aromatic rings. The molecule has 0 radical (unpaired) electrons. The van der Waals surface area contributed by atoms with Gasteiger partial charge in [-0.3, -0.25) is 4.79 Å². The predicted octanol–water partition coefficient (Wildman–Crippen LogP) is 4.16. The van der Waals surface area contributed by atoms with Crippen LogP contribution in [0.3, 0.4) is 0 Å². The van der Waals surface area contributed by atoms with Crippen LogP contribution in [0.15, 0.2) is 60.7 Å². The van der Waals surface area contributed by atoms with E-state index in [2.05, 4.69) is 0 Å². The van der Waals surface area contributed by atoms with Crippen LogP contribution < -0.4 is 0 Å². The van der Waals surface area contributed by atoms with Crippen molar-refractivity contribution in [2.45, 2.75) is 31.6 Å². The third-order valence-electron chi connectivity index (χ3n) is 5.19. The molecular formula is C22H26O3. The molecule has 2 aromatic carbocycles. The monoisotopic (exact) mass is 338 g/mol. The highest BCUT2D eigenvalue weighted by Gasteiger charge is 2.26. The van der Waals surface area contributed by atoms with Crippen LogP contribution in [-0.2, 0) is 9.53 Å². The van der Waals surface area contributed by atoms with Crippen molar-refractivity contribution in [3.05, 3.63) is 71.8 Å². The summed E-state index contributed by atoms with van der Waals surface area (Å²) in [4.78, 5) is 12.8. The van der Waals surface area contributed by atoms with Gasteiger partial charge in [0.1, 0.15) is 5.92 Å². The molecule has 0 spiro atoms. The first-order valence-corrected chi connectivity index (χ1v) is 9.15. The summed E-state index contributed by atoms with van der Waals surface area (Å²) in [6.07, 6.45) is 4.11. The standard InChI is InChI=1S/C22H26O3/c23-15-17-11-13-18(14-12-17)16-25-22(24)21(19-7-3-1-4-8-19)20-9-5-2-6-10-20/h1-10,17-18,21,23H,11-16H2. The molecule has 3 heteroatoms. The molecule has 0 aliphatic heterocycles. The third kappa shape index (κ3) is 4.70. The lowest BCUT2D eigenvalue weighted by atomic mass is 9.83. The van der Waals surface area contributed by atoms with Gasteiger partial charge in [-0.1, -0.05) is 60.7 Å². The quantitative estimate of drug-likeness (QED) is 0.805. The Labute approximate surface area is 149 Å². The molecule has 0 atom stereocenters. The van der Waals surface area contributed by atoms with Crippen LogP contribution in [0, 0.1) is 11.8 Å². The summed E-state index contributed by atoms with van der Waals surface area (Å²) in [5.41, 5.74) is 1.92. The fourth-order valence-corrected chi connectivity index (χ4v) is 3.62. The van der Waals surface area contributed by atoms with Gasteiger partial charge in [-0.05, 0) is 48.6 Å². The summed E-state index contributed by atoms with van der Waals surface area (Å²) < 4.78 is 5.72. The lowest BCUT2D eigenvalue weighted by Gasteiger charge is -2.27. The number of benzene rings is 2. The van der Waals surface area contributed by atoms with Gasteiger partial charge in [-0.15, -0.1) is 0 Å². The second kappa shape index (κ2) is 8.82. The molecule has 0 bridgehead atoms. The van der Waals surface area contributed by atoms with Gasteiger partial charge in [0.2, 0.25) is 0 Å².